The summed E-state index contributed by atoms with van der Waals surface area (Å²) in [5.74, 6) is 0. The fraction of sp³-hybridized carbons (Fsp3) is 0.889. The molecule has 0 fully saturated rings. The molecule has 4 nitrogen and oxygen atoms in total. The zero-order valence-electron chi connectivity index (χ0n) is 15.7. The smallest absolute Gasteiger partial charge is 0.200 e. The Hall–Kier alpha value is -0.203. The van der Waals surface area contributed by atoms with Gasteiger partial charge in [0.05, 0.1) is 25.4 Å². The van der Waals surface area contributed by atoms with Crippen molar-refractivity contribution in [1.82, 2.24) is 0 Å². The van der Waals surface area contributed by atoms with Crippen molar-refractivity contribution in [2.45, 2.75) is 89.3 Å². The van der Waals surface area contributed by atoms with Crippen molar-refractivity contribution in [2.75, 3.05) is 13.2 Å². The van der Waals surface area contributed by atoms with E-state index in [0.29, 0.717) is 29.7 Å². The maximum absolute atomic E-state index is 10.0. The van der Waals surface area contributed by atoms with E-state index in [-0.39, 0.29) is 12.7 Å². The van der Waals surface area contributed by atoms with E-state index in [4.69, 9.17) is 9.16 Å². The number of ether oxygens (including phenoxy) is 1. The Labute approximate surface area is 143 Å². The average molecular weight is 345 g/mol. The van der Waals surface area contributed by atoms with Gasteiger partial charge in [-0.2, -0.15) is 0 Å². The zero-order chi connectivity index (χ0) is 17.6. The minimum absolute atomic E-state index is 0.110. The fourth-order valence-corrected chi connectivity index (χ4v) is 9.51. The summed E-state index contributed by atoms with van der Waals surface area (Å²) in [6.45, 7) is 14.0. The summed E-state index contributed by atoms with van der Waals surface area (Å²) in [6.07, 6.45) is 4.03. The van der Waals surface area contributed by atoms with Crippen LogP contribution in [0.25, 0.3) is 0 Å². The predicted octanol–water partition coefficient (Wildman–Crippen LogP) is 3.64. The summed E-state index contributed by atoms with van der Waals surface area (Å²) in [7, 11) is -1.92. The van der Waals surface area contributed by atoms with Gasteiger partial charge in [0.2, 0.25) is 0 Å². The molecule has 1 rings (SSSR count). The van der Waals surface area contributed by atoms with E-state index < -0.39 is 20.5 Å². The SMILES string of the molecule is CC(C)[Si](OC[C@@H]1C/C=C\C[C@H](O)[C@@H](CO)O1)(C(C)C)C(C)C. The van der Waals surface area contributed by atoms with Gasteiger partial charge < -0.3 is 19.4 Å². The molecule has 1 heterocycles. The third-order valence-corrected chi connectivity index (χ3v) is 11.2. The monoisotopic (exact) mass is 344 g/mol. The lowest BCUT2D eigenvalue weighted by Crippen LogP contribution is -2.50. The van der Waals surface area contributed by atoms with Crippen LogP contribution in [-0.2, 0) is 9.16 Å². The van der Waals surface area contributed by atoms with Crippen LogP contribution in [0.2, 0.25) is 16.6 Å². The Balaban J connectivity index is 2.83. The molecule has 0 aromatic heterocycles. The second-order valence-corrected chi connectivity index (χ2v) is 13.1. The lowest BCUT2D eigenvalue weighted by molar-refractivity contribution is -0.108. The molecular formula is C18H36O4Si. The summed E-state index contributed by atoms with van der Waals surface area (Å²) in [6, 6.07) is 0. The second kappa shape index (κ2) is 9.32. The molecule has 136 valence electrons. The van der Waals surface area contributed by atoms with Crippen LogP contribution in [0.4, 0.5) is 0 Å². The van der Waals surface area contributed by atoms with Gasteiger partial charge in [0.25, 0.3) is 0 Å². The molecule has 5 heteroatoms. The van der Waals surface area contributed by atoms with Crippen molar-refractivity contribution in [1.29, 1.82) is 0 Å². The van der Waals surface area contributed by atoms with Gasteiger partial charge in [0, 0.05) is 0 Å². The van der Waals surface area contributed by atoms with Crippen molar-refractivity contribution in [3.8, 4) is 0 Å². The summed E-state index contributed by atoms with van der Waals surface area (Å²) in [5, 5.41) is 19.5. The normalized spacial score (nSPS) is 28.2. The lowest BCUT2D eigenvalue weighted by atomic mass is 10.1. The highest BCUT2D eigenvalue weighted by Gasteiger charge is 2.45. The van der Waals surface area contributed by atoms with Gasteiger partial charge in [-0.15, -0.1) is 0 Å². The first-order valence-electron chi connectivity index (χ1n) is 8.98. The molecule has 0 aromatic rings. The van der Waals surface area contributed by atoms with Crippen LogP contribution in [0, 0.1) is 0 Å². The van der Waals surface area contributed by atoms with E-state index in [1.807, 2.05) is 12.2 Å². The van der Waals surface area contributed by atoms with Crippen molar-refractivity contribution < 1.29 is 19.4 Å². The lowest BCUT2D eigenvalue weighted by Gasteiger charge is -2.43. The van der Waals surface area contributed by atoms with Gasteiger partial charge in [-0.3, -0.25) is 0 Å². The summed E-state index contributed by atoms with van der Waals surface area (Å²) in [4.78, 5) is 0. The highest BCUT2D eigenvalue weighted by molar-refractivity contribution is 6.77. The van der Waals surface area contributed by atoms with E-state index in [0.717, 1.165) is 6.42 Å². The van der Waals surface area contributed by atoms with Crippen LogP contribution in [0.15, 0.2) is 12.2 Å². The van der Waals surface area contributed by atoms with Gasteiger partial charge in [-0.25, -0.2) is 0 Å². The number of hydrogen-bond acceptors (Lipinski definition) is 4. The van der Waals surface area contributed by atoms with E-state index in [9.17, 15) is 10.2 Å². The number of aliphatic hydroxyl groups is 2. The van der Waals surface area contributed by atoms with Gasteiger partial charge >= 0.3 is 0 Å². The van der Waals surface area contributed by atoms with Crippen molar-refractivity contribution >= 4 is 8.32 Å². The molecule has 0 saturated heterocycles. The average Bonchev–Trinajstić information content (AvgIpc) is 2.45. The molecule has 0 spiro atoms. The third kappa shape index (κ3) is 5.13. The summed E-state index contributed by atoms with van der Waals surface area (Å²) in [5.41, 5.74) is 1.60. The fourth-order valence-electron chi connectivity index (χ4n) is 4.04. The van der Waals surface area contributed by atoms with Gasteiger partial charge in [-0.05, 0) is 29.5 Å². The first kappa shape index (κ1) is 20.8. The quantitative estimate of drug-likeness (QED) is 0.547. The largest absolute Gasteiger partial charge is 0.413 e. The molecule has 0 bridgehead atoms. The van der Waals surface area contributed by atoms with Crippen molar-refractivity contribution in [2.24, 2.45) is 0 Å². The van der Waals surface area contributed by atoms with Crippen LogP contribution < -0.4 is 0 Å². The van der Waals surface area contributed by atoms with Crippen LogP contribution in [-0.4, -0.2) is 50.1 Å². The van der Waals surface area contributed by atoms with Gasteiger partial charge in [0.15, 0.2) is 8.32 Å². The van der Waals surface area contributed by atoms with Crippen LogP contribution in [0.1, 0.15) is 54.4 Å². The molecule has 0 aliphatic carbocycles. The Bertz CT molecular complexity index is 346. The molecule has 23 heavy (non-hydrogen) atoms. The maximum atomic E-state index is 10.0. The third-order valence-electron chi connectivity index (χ3n) is 5.15. The molecule has 0 amide bonds. The Morgan fingerprint density at radius 1 is 1.04 bits per heavy atom. The van der Waals surface area contributed by atoms with Crippen molar-refractivity contribution in [3.63, 3.8) is 0 Å². The molecule has 0 aromatic carbocycles. The number of hydrogen-bond donors (Lipinski definition) is 2. The van der Waals surface area contributed by atoms with E-state index >= 15 is 0 Å². The molecule has 0 unspecified atom stereocenters. The summed E-state index contributed by atoms with van der Waals surface area (Å²) < 4.78 is 12.5. The first-order valence-corrected chi connectivity index (χ1v) is 11.1. The number of aliphatic hydroxyl groups excluding tert-OH is 2. The van der Waals surface area contributed by atoms with Crippen LogP contribution >= 0.6 is 0 Å². The molecule has 0 saturated carbocycles. The molecule has 1 aliphatic rings. The van der Waals surface area contributed by atoms with E-state index in [1.54, 1.807) is 0 Å². The Morgan fingerprint density at radius 3 is 2.04 bits per heavy atom. The minimum atomic E-state index is -1.92. The molecular weight excluding hydrogens is 308 g/mol. The zero-order valence-corrected chi connectivity index (χ0v) is 16.7. The van der Waals surface area contributed by atoms with Gasteiger partial charge in [-0.1, -0.05) is 53.7 Å². The topological polar surface area (TPSA) is 58.9 Å². The second-order valence-electron chi connectivity index (χ2n) is 7.62. The van der Waals surface area contributed by atoms with Gasteiger partial charge in [0.1, 0.15) is 6.10 Å². The first-order chi connectivity index (χ1) is 10.8. The maximum Gasteiger partial charge on any atom is 0.200 e. The van der Waals surface area contributed by atoms with Crippen molar-refractivity contribution in [3.05, 3.63) is 12.2 Å². The standard InChI is InChI=1S/C18H36O4Si/c1-13(2)23(14(3)4,15(5)6)21-12-16-9-7-8-10-17(20)18(11-19)22-16/h7-8,13-20H,9-12H2,1-6H3/b8-7-/t16-,17-,18+/m0/s1. The Kier molecular flexibility index (Phi) is 8.45. The highest BCUT2D eigenvalue weighted by atomic mass is 28.4. The minimum Gasteiger partial charge on any atom is -0.413 e. The molecule has 0 radical (unpaired) electrons. The Morgan fingerprint density at radius 2 is 1.57 bits per heavy atom. The summed E-state index contributed by atoms with van der Waals surface area (Å²) >= 11 is 0. The predicted molar refractivity (Wildman–Crippen MR) is 97.1 cm³/mol. The molecule has 1 aliphatic heterocycles. The molecule has 3 atom stereocenters. The molecule has 2 N–H and O–H groups in total. The van der Waals surface area contributed by atoms with E-state index in [2.05, 4.69) is 41.5 Å². The van der Waals surface area contributed by atoms with E-state index in [1.165, 1.54) is 0 Å². The highest BCUT2D eigenvalue weighted by Crippen LogP contribution is 2.42. The van der Waals surface area contributed by atoms with Crippen LogP contribution in [0.5, 0.6) is 0 Å². The number of rotatable bonds is 7. The van der Waals surface area contributed by atoms with Crippen LogP contribution in [0.3, 0.4) is 0 Å².